The van der Waals surface area contributed by atoms with Crippen LogP contribution in [0, 0.1) is 0 Å². The zero-order valence-corrected chi connectivity index (χ0v) is 14.6. The number of nitrogens with zero attached hydrogens (tertiary/aromatic N) is 4. The summed E-state index contributed by atoms with van der Waals surface area (Å²) in [7, 11) is 1.66. The van der Waals surface area contributed by atoms with Crippen molar-refractivity contribution in [1.29, 1.82) is 0 Å². The van der Waals surface area contributed by atoms with Crippen molar-refractivity contribution < 1.29 is 9.53 Å². The van der Waals surface area contributed by atoms with Gasteiger partial charge in [0, 0.05) is 25.1 Å². The van der Waals surface area contributed by atoms with Crippen LogP contribution in [0.15, 0.2) is 61.3 Å². The lowest BCUT2D eigenvalue weighted by Crippen LogP contribution is -2.30. The number of methoxy groups -OCH3 is 1. The molecule has 0 spiro atoms. The maximum absolute atomic E-state index is 13.0. The van der Waals surface area contributed by atoms with Gasteiger partial charge in [0.25, 0.3) is 5.91 Å². The molecule has 1 unspecified atom stereocenters. The van der Waals surface area contributed by atoms with Crippen molar-refractivity contribution >= 4 is 5.91 Å². The average Bonchev–Trinajstić information content (AvgIpc) is 3.39. The standard InChI is InChI=1S/C20H20N4O2/c1-26-17-5-2-4-15(12-17)18-6-3-10-24(18)20(25)16-7-8-19(22-13-16)23-11-9-21-14-23/h2,4-5,7-9,11-14,18H,3,6,10H2,1H3. The number of hydrogen-bond donors (Lipinski definition) is 0. The topological polar surface area (TPSA) is 60.2 Å². The molecule has 3 heterocycles. The molecule has 4 rings (SSSR count). The highest BCUT2D eigenvalue weighted by atomic mass is 16.5. The lowest BCUT2D eigenvalue weighted by Gasteiger charge is -2.25. The molecule has 1 aromatic carbocycles. The number of ether oxygens (including phenoxy) is 1. The maximum atomic E-state index is 13.0. The molecule has 1 aliphatic heterocycles. The Hall–Kier alpha value is -3.15. The number of benzene rings is 1. The fourth-order valence-electron chi connectivity index (χ4n) is 3.43. The van der Waals surface area contributed by atoms with Crippen LogP contribution in [0.5, 0.6) is 5.75 Å². The molecule has 132 valence electrons. The zero-order valence-electron chi connectivity index (χ0n) is 14.6. The molecular formula is C20H20N4O2. The number of carbonyl (C=O) groups excluding carboxylic acids is 1. The van der Waals surface area contributed by atoms with Gasteiger partial charge in [-0.2, -0.15) is 0 Å². The third-order valence-corrected chi connectivity index (χ3v) is 4.76. The molecule has 0 aliphatic carbocycles. The summed E-state index contributed by atoms with van der Waals surface area (Å²) in [4.78, 5) is 23.4. The Labute approximate surface area is 152 Å². The van der Waals surface area contributed by atoms with Crippen molar-refractivity contribution in [2.75, 3.05) is 13.7 Å². The van der Waals surface area contributed by atoms with Crippen molar-refractivity contribution in [3.05, 3.63) is 72.4 Å². The fraction of sp³-hybridized carbons (Fsp3) is 0.250. The van der Waals surface area contributed by atoms with E-state index >= 15 is 0 Å². The minimum atomic E-state index is 0.0139. The minimum Gasteiger partial charge on any atom is -0.497 e. The Kier molecular flexibility index (Phi) is 4.39. The first-order valence-electron chi connectivity index (χ1n) is 8.65. The van der Waals surface area contributed by atoms with Crippen LogP contribution in [0.2, 0.25) is 0 Å². The lowest BCUT2D eigenvalue weighted by atomic mass is 10.0. The van der Waals surface area contributed by atoms with E-state index in [0.29, 0.717) is 5.56 Å². The number of likely N-dealkylation sites (tertiary alicyclic amines) is 1. The second-order valence-corrected chi connectivity index (χ2v) is 6.31. The Balaban J connectivity index is 1.56. The number of rotatable bonds is 4. The summed E-state index contributed by atoms with van der Waals surface area (Å²) in [5.41, 5.74) is 1.71. The highest BCUT2D eigenvalue weighted by molar-refractivity contribution is 5.94. The molecule has 1 amide bonds. The zero-order chi connectivity index (χ0) is 17.9. The molecule has 0 radical (unpaired) electrons. The predicted octanol–water partition coefficient (Wildman–Crippen LogP) is 3.25. The van der Waals surface area contributed by atoms with Crippen LogP contribution < -0.4 is 4.74 Å². The molecule has 1 saturated heterocycles. The Morgan fingerprint density at radius 2 is 2.19 bits per heavy atom. The van der Waals surface area contributed by atoms with Crippen molar-refractivity contribution in [2.24, 2.45) is 0 Å². The van der Waals surface area contributed by atoms with E-state index in [0.717, 1.165) is 36.5 Å². The van der Waals surface area contributed by atoms with Crippen molar-refractivity contribution in [2.45, 2.75) is 18.9 Å². The van der Waals surface area contributed by atoms with Crippen molar-refractivity contribution in [1.82, 2.24) is 19.4 Å². The largest absolute Gasteiger partial charge is 0.497 e. The number of imidazole rings is 1. The molecule has 1 atom stereocenters. The number of amides is 1. The molecule has 1 aliphatic rings. The molecule has 6 heteroatoms. The average molecular weight is 348 g/mol. The second kappa shape index (κ2) is 7.00. The number of pyridine rings is 1. The third-order valence-electron chi connectivity index (χ3n) is 4.76. The fourth-order valence-corrected chi connectivity index (χ4v) is 3.43. The predicted molar refractivity (Wildman–Crippen MR) is 97.4 cm³/mol. The molecule has 0 bridgehead atoms. The summed E-state index contributed by atoms with van der Waals surface area (Å²) in [5.74, 6) is 1.57. The number of carbonyl (C=O) groups is 1. The first-order chi connectivity index (χ1) is 12.8. The smallest absolute Gasteiger partial charge is 0.255 e. The van der Waals surface area contributed by atoms with Gasteiger partial charge in [-0.15, -0.1) is 0 Å². The maximum Gasteiger partial charge on any atom is 0.255 e. The number of hydrogen-bond acceptors (Lipinski definition) is 4. The van der Waals surface area contributed by atoms with Crippen LogP contribution >= 0.6 is 0 Å². The first kappa shape index (κ1) is 16.3. The van der Waals surface area contributed by atoms with Crippen LogP contribution in [-0.2, 0) is 0 Å². The van der Waals surface area contributed by atoms with E-state index in [9.17, 15) is 4.79 Å². The van der Waals surface area contributed by atoms with Crippen LogP contribution in [0.25, 0.3) is 5.82 Å². The molecule has 0 saturated carbocycles. The van der Waals surface area contributed by atoms with E-state index in [1.54, 1.807) is 25.8 Å². The van der Waals surface area contributed by atoms with E-state index in [1.165, 1.54) is 0 Å². The summed E-state index contributed by atoms with van der Waals surface area (Å²) in [6, 6.07) is 11.7. The van der Waals surface area contributed by atoms with Gasteiger partial charge in [-0.25, -0.2) is 9.97 Å². The lowest BCUT2D eigenvalue weighted by molar-refractivity contribution is 0.0735. The summed E-state index contributed by atoms with van der Waals surface area (Å²) in [6.07, 6.45) is 8.79. The SMILES string of the molecule is COc1cccc(C2CCCN2C(=O)c2ccc(-n3ccnc3)nc2)c1. The highest BCUT2D eigenvalue weighted by Gasteiger charge is 2.30. The van der Waals surface area contributed by atoms with Gasteiger partial charge in [0.05, 0.1) is 18.7 Å². The molecule has 1 fully saturated rings. The van der Waals surface area contributed by atoms with Gasteiger partial charge >= 0.3 is 0 Å². The summed E-state index contributed by atoms with van der Waals surface area (Å²) < 4.78 is 7.13. The van der Waals surface area contributed by atoms with Gasteiger partial charge in [-0.05, 0) is 42.7 Å². The molecule has 6 nitrogen and oxygen atoms in total. The Morgan fingerprint density at radius 1 is 1.27 bits per heavy atom. The van der Waals surface area contributed by atoms with E-state index in [2.05, 4.69) is 16.0 Å². The van der Waals surface area contributed by atoms with Gasteiger partial charge in [0.2, 0.25) is 0 Å². The highest BCUT2D eigenvalue weighted by Crippen LogP contribution is 2.34. The molecule has 26 heavy (non-hydrogen) atoms. The monoisotopic (exact) mass is 348 g/mol. The van der Waals surface area contributed by atoms with Crippen LogP contribution in [0.3, 0.4) is 0 Å². The minimum absolute atomic E-state index is 0.0139. The first-order valence-corrected chi connectivity index (χ1v) is 8.65. The quantitative estimate of drug-likeness (QED) is 0.726. The molecule has 3 aromatic rings. The van der Waals surface area contributed by atoms with Gasteiger partial charge in [-0.3, -0.25) is 9.36 Å². The number of aromatic nitrogens is 3. The van der Waals surface area contributed by atoms with Gasteiger partial charge in [0.15, 0.2) is 0 Å². The van der Waals surface area contributed by atoms with Crippen molar-refractivity contribution in [3.63, 3.8) is 0 Å². The van der Waals surface area contributed by atoms with E-state index in [-0.39, 0.29) is 11.9 Å². The molecule has 0 N–H and O–H groups in total. The summed E-state index contributed by atoms with van der Waals surface area (Å²) >= 11 is 0. The Morgan fingerprint density at radius 3 is 2.92 bits per heavy atom. The van der Waals surface area contributed by atoms with Crippen molar-refractivity contribution in [3.8, 4) is 11.6 Å². The normalized spacial score (nSPS) is 16.7. The van der Waals surface area contributed by atoms with Crippen LogP contribution in [0.1, 0.15) is 34.8 Å². The molecular weight excluding hydrogens is 328 g/mol. The summed E-state index contributed by atoms with van der Waals surface area (Å²) in [6.45, 7) is 0.754. The van der Waals surface area contributed by atoms with Crippen LogP contribution in [-0.4, -0.2) is 39.0 Å². The van der Waals surface area contributed by atoms with Gasteiger partial charge in [-0.1, -0.05) is 12.1 Å². The van der Waals surface area contributed by atoms with Gasteiger partial charge < -0.3 is 9.64 Å². The van der Waals surface area contributed by atoms with Crippen LogP contribution in [0.4, 0.5) is 0 Å². The van der Waals surface area contributed by atoms with E-state index in [4.69, 9.17) is 4.74 Å². The summed E-state index contributed by atoms with van der Waals surface area (Å²) in [5, 5.41) is 0. The molecule has 2 aromatic heterocycles. The Bertz CT molecular complexity index is 890. The third kappa shape index (κ3) is 3.06. The van der Waals surface area contributed by atoms with Gasteiger partial charge in [0.1, 0.15) is 17.9 Å². The second-order valence-electron chi connectivity index (χ2n) is 6.31. The van der Waals surface area contributed by atoms with E-state index < -0.39 is 0 Å². The van der Waals surface area contributed by atoms with E-state index in [1.807, 2.05) is 46.0 Å².